The van der Waals surface area contributed by atoms with Gasteiger partial charge < -0.3 is 5.73 Å². The van der Waals surface area contributed by atoms with Crippen molar-refractivity contribution >= 4 is 0 Å². The van der Waals surface area contributed by atoms with Gasteiger partial charge >= 0.3 is 0 Å². The number of likely N-dealkylation sites (tertiary alicyclic amines) is 1. The fourth-order valence-electron chi connectivity index (χ4n) is 2.46. The second kappa shape index (κ2) is 5.47. The Morgan fingerprint density at radius 2 is 2.28 bits per heavy atom. The van der Waals surface area contributed by atoms with Crippen molar-refractivity contribution in [2.45, 2.75) is 25.9 Å². The predicted molar refractivity (Wildman–Crippen MR) is 68.1 cm³/mol. The Morgan fingerprint density at radius 3 is 2.94 bits per heavy atom. The molecule has 1 aliphatic heterocycles. The lowest BCUT2D eigenvalue weighted by Crippen LogP contribution is -2.45. The van der Waals surface area contributed by atoms with Crippen molar-refractivity contribution in [3.05, 3.63) is 35.1 Å². The minimum Gasteiger partial charge on any atom is -0.327 e. The molecule has 2 atom stereocenters. The zero-order chi connectivity index (χ0) is 13.1. The number of hydrogen-bond donors (Lipinski definition) is 1. The highest BCUT2D eigenvalue weighted by molar-refractivity contribution is 5.33. The second-order valence-electron chi connectivity index (χ2n) is 5.12. The molecule has 1 saturated heterocycles. The molecule has 2 N–H and O–H groups in total. The van der Waals surface area contributed by atoms with Crippen LogP contribution < -0.4 is 5.73 Å². The Bertz CT molecular complexity index is 467. The van der Waals surface area contributed by atoms with Crippen molar-refractivity contribution in [2.24, 2.45) is 11.7 Å². The molecule has 1 heterocycles. The molecule has 1 aromatic carbocycles. The van der Waals surface area contributed by atoms with Gasteiger partial charge in [0.2, 0.25) is 0 Å². The van der Waals surface area contributed by atoms with Crippen LogP contribution in [0.3, 0.4) is 0 Å². The van der Waals surface area contributed by atoms with Gasteiger partial charge in [0.05, 0.1) is 11.6 Å². The highest BCUT2D eigenvalue weighted by Crippen LogP contribution is 2.18. The van der Waals surface area contributed by atoms with Gasteiger partial charge in [-0.3, -0.25) is 4.90 Å². The van der Waals surface area contributed by atoms with Crippen LogP contribution in [0, 0.1) is 23.1 Å². The van der Waals surface area contributed by atoms with E-state index >= 15 is 0 Å². The number of halogens is 1. The van der Waals surface area contributed by atoms with Crippen LogP contribution in [0.25, 0.3) is 0 Å². The molecule has 0 spiro atoms. The van der Waals surface area contributed by atoms with E-state index < -0.39 is 0 Å². The van der Waals surface area contributed by atoms with E-state index in [9.17, 15) is 4.39 Å². The summed E-state index contributed by atoms with van der Waals surface area (Å²) in [6.45, 7) is 4.69. The Labute approximate surface area is 107 Å². The predicted octanol–water partition coefficient (Wildman–Crippen LogP) is 1.87. The average Bonchev–Trinajstić information content (AvgIpc) is 2.33. The molecular formula is C14H18FN3. The van der Waals surface area contributed by atoms with Crippen LogP contribution in [0.4, 0.5) is 4.39 Å². The fraction of sp³-hybridized carbons (Fsp3) is 0.500. The summed E-state index contributed by atoms with van der Waals surface area (Å²) in [5, 5.41) is 8.82. The van der Waals surface area contributed by atoms with E-state index in [1.54, 1.807) is 6.07 Å². The lowest BCUT2D eigenvalue weighted by atomic mass is 9.94. The standard InChI is InChI=1S/C14H18FN3/c1-10-8-18(3-2-14(10)17)9-12-4-11(7-16)5-13(15)6-12/h4-6,10,14H,2-3,8-9,17H2,1H3. The van der Waals surface area contributed by atoms with E-state index in [4.69, 9.17) is 11.0 Å². The summed E-state index contributed by atoms with van der Waals surface area (Å²) in [5.74, 6) is 0.119. The smallest absolute Gasteiger partial charge is 0.124 e. The van der Waals surface area contributed by atoms with E-state index in [2.05, 4.69) is 11.8 Å². The van der Waals surface area contributed by atoms with Gasteiger partial charge in [-0.2, -0.15) is 5.26 Å². The summed E-state index contributed by atoms with van der Waals surface area (Å²) >= 11 is 0. The normalized spacial score (nSPS) is 24.8. The van der Waals surface area contributed by atoms with Crippen LogP contribution in [-0.2, 0) is 6.54 Å². The second-order valence-corrected chi connectivity index (χ2v) is 5.12. The summed E-state index contributed by atoms with van der Waals surface area (Å²) < 4.78 is 13.3. The van der Waals surface area contributed by atoms with Gasteiger partial charge in [0.15, 0.2) is 0 Å². The highest BCUT2D eigenvalue weighted by Gasteiger charge is 2.23. The quantitative estimate of drug-likeness (QED) is 0.868. The van der Waals surface area contributed by atoms with Gasteiger partial charge in [-0.05, 0) is 42.6 Å². The van der Waals surface area contributed by atoms with Gasteiger partial charge in [-0.25, -0.2) is 4.39 Å². The van der Waals surface area contributed by atoms with E-state index in [0.717, 1.165) is 25.1 Å². The van der Waals surface area contributed by atoms with Crippen LogP contribution >= 0.6 is 0 Å². The number of nitriles is 1. The molecule has 4 heteroatoms. The molecule has 1 aliphatic rings. The molecule has 0 aliphatic carbocycles. The molecule has 2 rings (SSSR count). The maximum absolute atomic E-state index is 13.3. The zero-order valence-electron chi connectivity index (χ0n) is 10.6. The molecule has 0 radical (unpaired) electrons. The number of hydrogen-bond acceptors (Lipinski definition) is 3. The highest BCUT2D eigenvalue weighted by atomic mass is 19.1. The van der Waals surface area contributed by atoms with Crippen molar-refractivity contribution in [3.8, 4) is 6.07 Å². The minimum atomic E-state index is -0.342. The van der Waals surface area contributed by atoms with Crippen molar-refractivity contribution < 1.29 is 4.39 Å². The number of nitrogens with two attached hydrogens (primary N) is 1. The zero-order valence-corrected chi connectivity index (χ0v) is 10.6. The minimum absolute atomic E-state index is 0.267. The molecule has 2 unspecified atom stereocenters. The van der Waals surface area contributed by atoms with Crippen LogP contribution in [0.5, 0.6) is 0 Å². The lowest BCUT2D eigenvalue weighted by Gasteiger charge is -2.35. The number of piperidine rings is 1. The first-order valence-corrected chi connectivity index (χ1v) is 6.26. The Morgan fingerprint density at radius 1 is 1.50 bits per heavy atom. The van der Waals surface area contributed by atoms with Gasteiger partial charge in [-0.15, -0.1) is 0 Å². The first-order chi connectivity index (χ1) is 8.58. The summed E-state index contributed by atoms with van der Waals surface area (Å²) in [6.07, 6.45) is 0.974. The van der Waals surface area contributed by atoms with Crippen molar-refractivity contribution in [1.82, 2.24) is 4.90 Å². The lowest BCUT2D eigenvalue weighted by molar-refractivity contribution is 0.157. The summed E-state index contributed by atoms with van der Waals surface area (Å²) in [7, 11) is 0. The monoisotopic (exact) mass is 247 g/mol. The maximum Gasteiger partial charge on any atom is 0.124 e. The number of nitrogens with zero attached hydrogens (tertiary/aromatic N) is 2. The van der Waals surface area contributed by atoms with Crippen LogP contribution in [-0.4, -0.2) is 24.0 Å². The molecule has 96 valence electrons. The topological polar surface area (TPSA) is 53.0 Å². The maximum atomic E-state index is 13.3. The molecular weight excluding hydrogens is 229 g/mol. The van der Waals surface area contributed by atoms with E-state index in [1.807, 2.05) is 6.07 Å². The third kappa shape index (κ3) is 3.06. The first kappa shape index (κ1) is 13.0. The Hall–Kier alpha value is -1.44. The van der Waals surface area contributed by atoms with Crippen LogP contribution in [0.2, 0.25) is 0 Å². The van der Waals surface area contributed by atoms with Crippen molar-refractivity contribution in [1.29, 1.82) is 5.26 Å². The molecule has 0 aromatic heterocycles. The molecule has 0 amide bonds. The van der Waals surface area contributed by atoms with Gasteiger partial charge in [0.1, 0.15) is 5.82 Å². The SMILES string of the molecule is CC1CN(Cc2cc(F)cc(C#N)c2)CCC1N. The number of benzene rings is 1. The van der Waals surface area contributed by atoms with Gasteiger partial charge in [0.25, 0.3) is 0 Å². The summed E-state index contributed by atoms with van der Waals surface area (Å²) in [4.78, 5) is 2.27. The summed E-state index contributed by atoms with van der Waals surface area (Å²) in [6, 6.07) is 6.76. The summed E-state index contributed by atoms with van der Waals surface area (Å²) in [5.41, 5.74) is 7.21. The fourth-order valence-corrected chi connectivity index (χ4v) is 2.46. The Balaban J connectivity index is 2.06. The van der Waals surface area contributed by atoms with E-state index in [1.165, 1.54) is 12.1 Å². The van der Waals surface area contributed by atoms with Crippen LogP contribution in [0.15, 0.2) is 18.2 Å². The third-order valence-corrected chi connectivity index (χ3v) is 3.55. The van der Waals surface area contributed by atoms with Crippen molar-refractivity contribution in [3.63, 3.8) is 0 Å². The largest absolute Gasteiger partial charge is 0.327 e. The molecule has 1 aromatic rings. The molecule has 0 saturated carbocycles. The average molecular weight is 247 g/mol. The van der Waals surface area contributed by atoms with Crippen molar-refractivity contribution in [2.75, 3.05) is 13.1 Å². The molecule has 3 nitrogen and oxygen atoms in total. The number of rotatable bonds is 2. The van der Waals surface area contributed by atoms with E-state index in [0.29, 0.717) is 18.0 Å². The molecule has 0 bridgehead atoms. The van der Waals surface area contributed by atoms with E-state index in [-0.39, 0.29) is 11.9 Å². The molecule has 1 fully saturated rings. The van der Waals surface area contributed by atoms with Gasteiger partial charge in [-0.1, -0.05) is 6.92 Å². The Kier molecular flexibility index (Phi) is 3.95. The first-order valence-electron chi connectivity index (χ1n) is 6.26. The van der Waals surface area contributed by atoms with Gasteiger partial charge in [0, 0.05) is 19.1 Å². The van der Waals surface area contributed by atoms with Crippen LogP contribution in [0.1, 0.15) is 24.5 Å². The molecule has 18 heavy (non-hydrogen) atoms. The third-order valence-electron chi connectivity index (χ3n) is 3.55.